The van der Waals surface area contributed by atoms with Crippen molar-refractivity contribution in [3.8, 4) is 16.9 Å². The van der Waals surface area contributed by atoms with E-state index in [4.69, 9.17) is 9.47 Å². The lowest BCUT2D eigenvalue weighted by Crippen LogP contribution is -2.43. The molecule has 1 aromatic heterocycles. The summed E-state index contributed by atoms with van der Waals surface area (Å²) in [6.45, 7) is 4.52. The second kappa shape index (κ2) is 10.0. The van der Waals surface area contributed by atoms with Crippen LogP contribution >= 0.6 is 0 Å². The molecule has 0 bridgehead atoms. The van der Waals surface area contributed by atoms with Gasteiger partial charge in [0, 0.05) is 36.0 Å². The second-order valence-corrected chi connectivity index (χ2v) is 9.30. The zero-order valence-electron chi connectivity index (χ0n) is 21.2. The van der Waals surface area contributed by atoms with Crippen LogP contribution in [0.25, 0.3) is 22.0 Å². The Morgan fingerprint density at radius 2 is 1.68 bits per heavy atom. The highest BCUT2D eigenvalue weighted by molar-refractivity contribution is 5.88. The normalized spacial score (nSPS) is 13.2. The molecule has 0 fully saturated rings. The summed E-state index contributed by atoms with van der Waals surface area (Å²) in [6, 6.07) is 20.8. The summed E-state index contributed by atoms with van der Waals surface area (Å²) < 4.78 is 13.3. The molecule has 1 atom stereocenters. The molecule has 1 amide bonds. The highest BCUT2D eigenvalue weighted by Gasteiger charge is 2.30. The first-order valence-electron chi connectivity index (χ1n) is 12.4. The summed E-state index contributed by atoms with van der Waals surface area (Å²) in [5, 5.41) is 13.4. The van der Waals surface area contributed by atoms with E-state index in [1.165, 1.54) is 0 Å². The molecule has 190 valence electrons. The van der Waals surface area contributed by atoms with Crippen LogP contribution in [0.1, 0.15) is 35.2 Å². The smallest absolute Gasteiger partial charge is 0.407 e. The number of ether oxygens (including phenoxy) is 2. The van der Waals surface area contributed by atoms with E-state index in [2.05, 4.69) is 17.4 Å². The van der Waals surface area contributed by atoms with E-state index in [9.17, 15) is 14.7 Å². The van der Waals surface area contributed by atoms with Crippen molar-refractivity contribution in [3.05, 3.63) is 89.1 Å². The van der Waals surface area contributed by atoms with Crippen LogP contribution in [-0.4, -0.2) is 41.0 Å². The van der Waals surface area contributed by atoms with Crippen LogP contribution in [0.2, 0.25) is 0 Å². The van der Waals surface area contributed by atoms with Gasteiger partial charge in [-0.25, -0.2) is 9.59 Å². The topological polar surface area (TPSA) is 89.8 Å². The molecule has 0 aliphatic heterocycles. The first kappa shape index (κ1) is 24.4. The largest absolute Gasteiger partial charge is 0.494 e. The van der Waals surface area contributed by atoms with Gasteiger partial charge in [-0.05, 0) is 59.9 Å². The Morgan fingerprint density at radius 3 is 2.30 bits per heavy atom. The predicted octanol–water partition coefficient (Wildman–Crippen LogP) is 5.42. The van der Waals surface area contributed by atoms with Crippen LogP contribution in [0.3, 0.4) is 0 Å². The van der Waals surface area contributed by atoms with E-state index >= 15 is 0 Å². The van der Waals surface area contributed by atoms with Crippen molar-refractivity contribution in [2.45, 2.75) is 32.2 Å². The Bertz CT molecular complexity index is 1440. The van der Waals surface area contributed by atoms with Crippen LogP contribution in [-0.2, 0) is 23.0 Å². The number of nitrogens with one attached hydrogen (secondary N) is 1. The Hall–Kier alpha value is -4.26. The third kappa shape index (κ3) is 4.53. The Kier molecular flexibility index (Phi) is 6.61. The second-order valence-electron chi connectivity index (χ2n) is 9.30. The van der Waals surface area contributed by atoms with Gasteiger partial charge in [0.25, 0.3) is 0 Å². The average Bonchev–Trinajstić information content (AvgIpc) is 3.34. The maximum atomic E-state index is 12.8. The molecule has 3 aromatic carbocycles. The van der Waals surface area contributed by atoms with Gasteiger partial charge >= 0.3 is 12.1 Å². The number of nitrogens with zero attached hydrogens (tertiary/aromatic N) is 1. The molecule has 1 heterocycles. The summed E-state index contributed by atoms with van der Waals surface area (Å²) in [7, 11) is 1.94. The van der Waals surface area contributed by atoms with Crippen molar-refractivity contribution >= 4 is 23.0 Å². The molecule has 5 rings (SSSR count). The van der Waals surface area contributed by atoms with Crippen molar-refractivity contribution in [1.29, 1.82) is 0 Å². The molecule has 0 spiro atoms. The average molecular weight is 499 g/mol. The monoisotopic (exact) mass is 498 g/mol. The SMILES string of the molecule is CCOc1ccc2c(c1)c(CC(NC(=O)OCC1c3ccccc3-c3ccccc31)C(=O)O)c(C)n2C. The summed E-state index contributed by atoms with van der Waals surface area (Å²) in [5.41, 5.74) is 7.23. The lowest BCUT2D eigenvalue weighted by atomic mass is 9.98. The van der Waals surface area contributed by atoms with E-state index in [1.807, 2.05) is 80.1 Å². The maximum Gasteiger partial charge on any atom is 0.407 e. The minimum atomic E-state index is -1.14. The van der Waals surface area contributed by atoms with Crippen molar-refractivity contribution in [3.63, 3.8) is 0 Å². The Morgan fingerprint density at radius 1 is 1.03 bits per heavy atom. The number of carbonyl (C=O) groups excluding carboxylic acids is 1. The van der Waals surface area contributed by atoms with Gasteiger partial charge in [0.05, 0.1) is 6.61 Å². The van der Waals surface area contributed by atoms with Gasteiger partial charge in [0.15, 0.2) is 0 Å². The fraction of sp³-hybridized carbons (Fsp3) is 0.267. The van der Waals surface area contributed by atoms with Crippen LogP contribution in [0.4, 0.5) is 4.79 Å². The van der Waals surface area contributed by atoms with Gasteiger partial charge in [0.1, 0.15) is 18.4 Å². The molecule has 0 saturated heterocycles. The lowest BCUT2D eigenvalue weighted by Gasteiger charge is -2.18. The fourth-order valence-electron chi connectivity index (χ4n) is 5.33. The first-order valence-corrected chi connectivity index (χ1v) is 12.4. The van der Waals surface area contributed by atoms with E-state index < -0.39 is 18.1 Å². The molecule has 1 aliphatic rings. The van der Waals surface area contributed by atoms with Gasteiger partial charge in [-0.2, -0.15) is 0 Å². The lowest BCUT2D eigenvalue weighted by molar-refractivity contribution is -0.139. The highest BCUT2D eigenvalue weighted by atomic mass is 16.5. The summed E-state index contributed by atoms with van der Waals surface area (Å²) in [5.74, 6) is -0.497. The standard InChI is InChI=1S/C30H30N2O5/c1-4-36-19-13-14-28-25(15-19)24(18(2)32(28)3)16-27(29(33)34)31-30(35)37-17-26-22-11-7-5-9-20(22)21-10-6-8-12-23(21)26/h5-15,26-27H,4,16-17H2,1-3H3,(H,31,35)(H,33,34). The Balaban J connectivity index is 1.33. The number of benzene rings is 3. The summed E-state index contributed by atoms with van der Waals surface area (Å²) in [6.07, 6.45) is -0.625. The number of hydrogen-bond acceptors (Lipinski definition) is 4. The molecular formula is C30H30N2O5. The molecule has 7 nitrogen and oxygen atoms in total. The minimum absolute atomic E-state index is 0.0984. The van der Waals surface area contributed by atoms with Gasteiger partial charge in [-0.1, -0.05) is 48.5 Å². The number of aromatic nitrogens is 1. The van der Waals surface area contributed by atoms with E-state index in [-0.39, 0.29) is 18.9 Å². The third-order valence-corrected chi connectivity index (χ3v) is 7.25. The first-order chi connectivity index (χ1) is 17.9. The molecule has 2 N–H and O–H groups in total. The van der Waals surface area contributed by atoms with Crippen LogP contribution in [0.15, 0.2) is 66.7 Å². The Labute approximate surface area is 215 Å². The van der Waals surface area contributed by atoms with Crippen LogP contribution in [0, 0.1) is 6.92 Å². The zero-order chi connectivity index (χ0) is 26.1. The number of rotatable bonds is 8. The number of carboxylic acids is 1. The van der Waals surface area contributed by atoms with Crippen molar-refractivity contribution in [2.24, 2.45) is 7.05 Å². The van der Waals surface area contributed by atoms with Gasteiger partial charge < -0.3 is 24.5 Å². The summed E-state index contributed by atoms with van der Waals surface area (Å²) >= 11 is 0. The quantitative estimate of drug-likeness (QED) is 0.339. The molecule has 4 aromatic rings. The van der Waals surface area contributed by atoms with Crippen LogP contribution < -0.4 is 10.1 Å². The molecule has 0 radical (unpaired) electrons. The van der Waals surface area contributed by atoms with E-state index in [0.29, 0.717) is 6.61 Å². The number of fused-ring (bicyclic) bond motifs is 4. The fourth-order valence-corrected chi connectivity index (χ4v) is 5.33. The number of alkyl carbamates (subject to hydrolysis) is 1. The zero-order valence-corrected chi connectivity index (χ0v) is 21.2. The van der Waals surface area contributed by atoms with Gasteiger partial charge in [-0.3, -0.25) is 0 Å². The van der Waals surface area contributed by atoms with Crippen LogP contribution in [0.5, 0.6) is 5.75 Å². The number of aryl methyl sites for hydroxylation is 1. The molecule has 7 heteroatoms. The minimum Gasteiger partial charge on any atom is -0.494 e. The molecule has 37 heavy (non-hydrogen) atoms. The number of aliphatic carboxylic acids is 1. The highest BCUT2D eigenvalue weighted by Crippen LogP contribution is 2.44. The van der Waals surface area contributed by atoms with Gasteiger partial charge in [0.2, 0.25) is 0 Å². The maximum absolute atomic E-state index is 12.8. The molecule has 0 saturated carbocycles. The van der Waals surface area contributed by atoms with Crippen molar-refractivity contribution in [1.82, 2.24) is 9.88 Å². The number of amides is 1. The predicted molar refractivity (Wildman–Crippen MR) is 142 cm³/mol. The van der Waals surface area contributed by atoms with E-state index in [1.54, 1.807) is 0 Å². The summed E-state index contributed by atoms with van der Waals surface area (Å²) in [4.78, 5) is 24.9. The van der Waals surface area contributed by atoms with Crippen molar-refractivity contribution < 1.29 is 24.2 Å². The van der Waals surface area contributed by atoms with Gasteiger partial charge in [-0.15, -0.1) is 0 Å². The number of carboxylic acid groups (broad SMARTS) is 1. The third-order valence-electron chi connectivity index (χ3n) is 7.25. The number of hydrogen-bond donors (Lipinski definition) is 2. The molecule has 1 aliphatic carbocycles. The number of carbonyl (C=O) groups is 2. The molecule has 1 unspecified atom stereocenters. The van der Waals surface area contributed by atoms with Crippen molar-refractivity contribution in [2.75, 3.05) is 13.2 Å². The van der Waals surface area contributed by atoms with E-state index in [0.717, 1.165) is 50.2 Å². The molecular weight excluding hydrogens is 468 g/mol.